The monoisotopic (exact) mass is 401 g/mol. The Morgan fingerprint density at radius 1 is 1.20 bits per heavy atom. The van der Waals surface area contributed by atoms with Crippen molar-refractivity contribution >= 4 is 39.6 Å². The lowest BCUT2D eigenvalue weighted by atomic mass is 10.1. The van der Waals surface area contributed by atoms with Gasteiger partial charge in [-0.1, -0.05) is 47.1 Å². The lowest BCUT2D eigenvalue weighted by molar-refractivity contribution is -0.148. The van der Waals surface area contributed by atoms with Crippen molar-refractivity contribution in [3.05, 3.63) is 70.2 Å². The highest BCUT2D eigenvalue weighted by Crippen LogP contribution is 2.13. The number of aryl methyl sites for hydroxylation is 1. The second kappa shape index (κ2) is 9.18. The van der Waals surface area contributed by atoms with Crippen LogP contribution in [-0.2, 0) is 20.7 Å². The number of halogens is 1. The summed E-state index contributed by atoms with van der Waals surface area (Å²) in [5, 5.41) is 2.73. The van der Waals surface area contributed by atoms with E-state index in [4.69, 9.17) is 4.74 Å². The van der Waals surface area contributed by atoms with E-state index in [1.807, 2.05) is 48.5 Å². The first-order valence-electron chi connectivity index (χ1n) is 8.02. The Morgan fingerprint density at radius 2 is 1.92 bits per heavy atom. The van der Waals surface area contributed by atoms with Gasteiger partial charge in [-0.25, -0.2) is 4.79 Å². The predicted molar refractivity (Wildman–Crippen MR) is 103 cm³/mol. The number of carbonyl (C=O) groups excluding carboxylic acids is 2. The van der Waals surface area contributed by atoms with Gasteiger partial charge in [0.05, 0.1) is 0 Å². The number of carbonyl (C=O) groups is 2. The minimum absolute atomic E-state index is 0.367. The first-order valence-corrected chi connectivity index (χ1v) is 8.81. The molecule has 2 aromatic carbocycles. The molecule has 0 unspecified atom stereocenters. The van der Waals surface area contributed by atoms with Crippen molar-refractivity contribution in [2.75, 3.05) is 5.32 Å². The number of benzene rings is 2. The Hall–Kier alpha value is -2.40. The Labute approximate surface area is 156 Å². The van der Waals surface area contributed by atoms with Crippen LogP contribution in [0.2, 0.25) is 0 Å². The van der Waals surface area contributed by atoms with Crippen molar-refractivity contribution in [3.8, 4) is 0 Å². The first kappa shape index (κ1) is 18.9. The molecule has 2 rings (SSSR count). The summed E-state index contributed by atoms with van der Waals surface area (Å²) in [6.07, 6.45) is 3.00. The van der Waals surface area contributed by atoms with Crippen LogP contribution in [0.25, 0.3) is 6.08 Å². The number of hydrogen-bond acceptors (Lipinski definition) is 3. The Morgan fingerprint density at radius 3 is 2.56 bits per heavy atom. The number of rotatable bonds is 6. The molecule has 1 N–H and O–H groups in total. The van der Waals surface area contributed by atoms with E-state index in [9.17, 15) is 9.59 Å². The molecule has 0 radical (unpaired) electrons. The highest BCUT2D eigenvalue weighted by molar-refractivity contribution is 9.10. The lowest BCUT2D eigenvalue weighted by Crippen LogP contribution is -2.29. The molecule has 0 saturated carbocycles. The molecule has 0 aromatic heterocycles. The van der Waals surface area contributed by atoms with E-state index in [1.54, 1.807) is 13.0 Å². The summed E-state index contributed by atoms with van der Waals surface area (Å²) in [6.45, 7) is 3.61. The minimum atomic E-state index is -0.884. The highest BCUT2D eigenvalue weighted by atomic mass is 79.9. The predicted octanol–water partition coefficient (Wildman–Crippen LogP) is 4.60. The molecule has 1 amide bonds. The molecular formula is C20H20BrNO3. The fourth-order valence-corrected chi connectivity index (χ4v) is 2.53. The van der Waals surface area contributed by atoms with Crippen LogP contribution in [0, 0.1) is 0 Å². The molecule has 1 atom stereocenters. The van der Waals surface area contributed by atoms with Gasteiger partial charge in [0.2, 0.25) is 0 Å². The van der Waals surface area contributed by atoms with Gasteiger partial charge >= 0.3 is 5.97 Å². The van der Waals surface area contributed by atoms with E-state index in [1.165, 1.54) is 11.6 Å². The van der Waals surface area contributed by atoms with Crippen molar-refractivity contribution in [1.29, 1.82) is 0 Å². The molecule has 25 heavy (non-hydrogen) atoms. The molecule has 0 spiro atoms. The molecular weight excluding hydrogens is 382 g/mol. The topological polar surface area (TPSA) is 55.4 Å². The number of ether oxygens (including phenoxy) is 1. The van der Waals surface area contributed by atoms with E-state index in [2.05, 4.69) is 28.2 Å². The maximum absolute atomic E-state index is 12.1. The van der Waals surface area contributed by atoms with Crippen LogP contribution in [0.15, 0.2) is 59.1 Å². The summed E-state index contributed by atoms with van der Waals surface area (Å²) in [4.78, 5) is 24.0. The summed E-state index contributed by atoms with van der Waals surface area (Å²) in [5.74, 6) is -0.933. The van der Waals surface area contributed by atoms with Crippen molar-refractivity contribution in [3.63, 3.8) is 0 Å². The summed E-state index contributed by atoms with van der Waals surface area (Å²) in [7, 11) is 0. The van der Waals surface area contributed by atoms with Gasteiger partial charge in [0.25, 0.3) is 5.91 Å². The van der Waals surface area contributed by atoms with Crippen molar-refractivity contribution in [1.82, 2.24) is 0 Å². The average molecular weight is 402 g/mol. The molecule has 130 valence electrons. The second-order valence-electron chi connectivity index (χ2n) is 5.51. The Kier molecular flexibility index (Phi) is 6.95. The summed E-state index contributed by atoms with van der Waals surface area (Å²) >= 11 is 3.37. The summed E-state index contributed by atoms with van der Waals surface area (Å²) < 4.78 is 6.05. The molecule has 0 aliphatic heterocycles. The van der Waals surface area contributed by atoms with Crippen LogP contribution < -0.4 is 5.32 Å². The third kappa shape index (κ3) is 6.19. The molecule has 0 bridgehead atoms. The zero-order chi connectivity index (χ0) is 18.2. The van der Waals surface area contributed by atoms with Crippen LogP contribution >= 0.6 is 15.9 Å². The fraction of sp³-hybridized carbons (Fsp3) is 0.200. The van der Waals surface area contributed by atoms with Crippen LogP contribution in [0.1, 0.15) is 25.0 Å². The van der Waals surface area contributed by atoms with Gasteiger partial charge in [0.15, 0.2) is 6.10 Å². The van der Waals surface area contributed by atoms with Gasteiger partial charge in [-0.3, -0.25) is 4.79 Å². The standard InChI is InChI=1S/C20H20BrNO3/c1-3-15-7-10-18(11-8-15)22-20(24)14(2)25-19(23)12-9-16-5-4-6-17(21)13-16/h4-14H,3H2,1-2H3,(H,22,24)/b12-9+/t14-/m0/s1. The summed E-state index contributed by atoms with van der Waals surface area (Å²) in [6, 6.07) is 15.1. The van der Waals surface area contributed by atoms with Crippen molar-refractivity contribution in [2.24, 2.45) is 0 Å². The molecule has 2 aromatic rings. The van der Waals surface area contributed by atoms with Gasteiger partial charge in [-0.2, -0.15) is 0 Å². The number of hydrogen-bond donors (Lipinski definition) is 1. The molecule has 0 heterocycles. The van der Waals surface area contributed by atoms with E-state index < -0.39 is 12.1 Å². The van der Waals surface area contributed by atoms with Gasteiger partial charge in [0, 0.05) is 16.2 Å². The SMILES string of the molecule is CCc1ccc(NC(=O)[C@H](C)OC(=O)/C=C/c2cccc(Br)c2)cc1. The highest BCUT2D eigenvalue weighted by Gasteiger charge is 2.16. The number of nitrogens with one attached hydrogen (secondary N) is 1. The molecule has 0 aliphatic rings. The minimum Gasteiger partial charge on any atom is -0.449 e. The van der Waals surface area contributed by atoms with E-state index in [0.29, 0.717) is 5.69 Å². The fourth-order valence-electron chi connectivity index (χ4n) is 2.11. The average Bonchev–Trinajstić information content (AvgIpc) is 2.60. The first-order chi connectivity index (χ1) is 12.0. The number of esters is 1. The Bertz CT molecular complexity index is 769. The lowest BCUT2D eigenvalue weighted by Gasteiger charge is -2.12. The largest absolute Gasteiger partial charge is 0.449 e. The van der Waals surface area contributed by atoms with Crippen molar-refractivity contribution in [2.45, 2.75) is 26.4 Å². The third-order valence-corrected chi connectivity index (χ3v) is 4.05. The maximum atomic E-state index is 12.1. The van der Waals surface area contributed by atoms with Crippen LogP contribution in [-0.4, -0.2) is 18.0 Å². The van der Waals surface area contributed by atoms with Gasteiger partial charge in [-0.05, 0) is 54.8 Å². The third-order valence-electron chi connectivity index (χ3n) is 3.55. The zero-order valence-corrected chi connectivity index (χ0v) is 15.7. The maximum Gasteiger partial charge on any atom is 0.331 e. The van der Waals surface area contributed by atoms with Gasteiger partial charge in [-0.15, -0.1) is 0 Å². The smallest absolute Gasteiger partial charge is 0.331 e. The van der Waals surface area contributed by atoms with Gasteiger partial charge < -0.3 is 10.1 Å². The van der Waals surface area contributed by atoms with E-state index in [-0.39, 0.29) is 5.91 Å². The normalized spacial score (nSPS) is 12.0. The zero-order valence-electron chi connectivity index (χ0n) is 14.2. The number of amides is 1. The number of anilines is 1. The van der Waals surface area contributed by atoms with Crippen LogP contribution in [0.4, 0.5) is 5.69 Å². The second-order valence-corrected chi connectivity index (χ2v) is 6.42. The molecule has 0 aliphatic carbocycles. The molecule has 0 saturated heterocycles. The van der Waals surface area contributed by atoms with Crippen molar-refractivity contribution < 1.29 is 14.3 Å². The molecule has 5 heteroatoms. The van der Waals surface area contributed by atoms with Crippen LogP contribution in [0.5, 0.6) is 0 Å². The van der Waals surface area contributed by atoms with E-state index >= 15 is 0 Å². The summed E-state index contributed by atoms with van der Waals surface area (Å²) in [5.41, 5.74) is 2.73. The Balaban J connectivity index is 1.87. The van der Waals surface area contributed by atoms with E-state index in [0.717, 1.165) is 16.5 Å². The van der Waals surface area contributed by atoms with Crippen LogP contribution in [0.3, 0.4) is 0 Å². The molecule has 0 fully saturated rings. The molecule has 4 nitrogen and oxygen atoms in total. The van der Waals surface area contributed by atoms with Gasteiger partial charge in [0.1, 0.15) is 0 Å². The quantitative estimate of drug-likeness (QED) is 0.568.